The Morgan fingerprint density at radius 2 is 1.88 bits per heavy atom. The second-order valence-corrected chi connectivity index (χ2v) is 6.39. The third-order valence-corrected chi connectivity index (χ3v) is 3.84. The van der Waals surface area contributed by atoms with Crippen LogP contribution in [0.3, 0.4) is 0 Å². The molecule has 1 N–H and O–H groups in total. The van der Waals surface area contributed by atoms with Gasteiger partial charge in [0.2, 0.25) is 5.89 Å². The van der Waals surface area contributed by atoms with Crippen LogP contribution in [0, 0.1) is 5.92 Å². The maximum Gasteiger partial charge on any atom is 0.273 e. The fourth-order valence-electron chi connectivity index (χ4n) is 2.43. The molecule has 0 radical (unpaired) electrons. The zero-order valence-corrected chi connectivity index (χ0v) is 15.1. The van der Waals surface area contributed by atoms with E-state index in [1.165, 1.54) is 6.26 Å². The summed E-state index contributed by atoms with van der Waals surface area (Å²) < 4.78 is 16.3. The Balaban J connectivity index is 1.64. The SMILES string of the molecule is COc1ccc2ccc(OCc3nc(C(=O)NCC(C)C)co3)cc2c1. The number of fused-ring (bicyclic) bond motifs is 1. The van der Waals surface area contributed by atoms with Crippen LogP contribution in [0.1, 0.15) is 30.2 Å². The van der Waals surface area contributed by atoms with Crippen molar-refractivity contribution in [1.29, 1.82) is 0 Å². The molecule has 0 unspecified atom stereocenters. The van der Waals surface area contributed by atoms with Crippen LogP contribution in [-0.2, 0) is 6.61 Å². The number of benzene rings is 2. The van der Waals surface area contributed by atoms with Crippen LogP contribution in [0.2, 0.25) is 0 Å². The molecule has 2 aromatic carbocycles. The molecule has 0 spiro atoms. The number of carbonyl (C=O) groups excluding carboxylic acids is 1. The molecule has 0 aliphatic rings. The van der Waals surface area contributed by atoms with Crippen molar-refractivity contribution in [2.45, 2.75) is 20.5 Å². The highest BCUT2D eigenvalue weighted by molar-refractivity contribution is 5.91. The van der Waals surface area contributed by atoms with E-state index in [4.69, 9.17) is 13.9 Å². The highest BCUT2D eigenvalue weighted by Crippen LogP contribution is 2.25. The lowest BCUT2D eigenvalue weighted by Gasteiger charge is -2.07. The molecule has 0 fully saturated rings. The van der Waals surface area contributed by atoms with Gasteiger partial charge < -0.3 is 19.2 Å². The number of hydrogen-bond acceptors (Lipinski definition) is 5. The molecule has 26 heavy (non-hydrogen) atoms. The van der Waals surface area contributed by atoms with Gasteiger partial charge in [0.25, 0.3) is 5.91 Å². The molecule has 1 aromatic heterocycles. The first-order valence-corrected chi connectivity index (χ1v) is 8.48. The molecular weight excluding hydrogens is 332 g/mol. The summed E-state index contributed by atoms with van der Waals surface area (Å²) in [6.07, 6.45) is 1.35. The van der Waals surface area contributed by atoms with E-state index >= 15 is 0 Å². The third kappa shape index (κ3) is 4.33. The van der Waals surface area contributed by atoms with E-state index in [2.05, 4.69) is 10.3 Å². The maximum absolute atomic E-state index is 12.0. The Hall–Kier alpha value is -3.02. The molecular formula is C20H22N2O4. The Bertz CT molecular complexity index is 902. The zero-order valence-electron chi connectivity index (χ0n) is 15.1. The van der Waals surface area contributed by atoms with E-state index in [0.29, 0.717) is 24.1 Å². The minimum atomic E-state index is -0.244. The summed E-state index contributed by atoms with van der Waals surface area (Å²) in [6, 6.07) is 11.6. The Labute approximate surface area is 152 Å². The molecule has 0 bridgehead atoms. The minimum Gasteiger partial charge on any atom is -0.497 e. The molecule has 0 atom stereocenters. The van der Waals surface area contributed by atoms with Crippen LogP contribution >= 0.6 is 0 Å². The predicted molar refractivity (Wildman–Crippen MR) is 98.5 cm³/mol. The van der Waals surface area contributed by atoms with Crippen molar-refractivity contribution in [3.05, 3.63) is 54.2 Å². The molecule has 3 rings (SSSR count). The molecule has 0 aliphatic carbocycles. The highest BCUT2D eigenvalue weighted by Gasteiger charge is 2.12. The van der Waals surface area contributed by atoms with E-state index < -0.39 is 0 Å². The van der Waals surface area contributed by atoms with Crippen molar-refractivity contribution in [2.24, 2.45) is 5.92 Å². The van der Waals surface area contributed by atoms with Gasteiger partial charge in [-0.2, -0.15) is 0 Å². The summed E-state index contributed by atoms with van der Waals surface area (Å²) in [4.78, 5) is 16.1. The number of methoxy groups -OCH3 is 1. The second kappa shape index (κ2) is 7.91. The number of ether oxygens (including phenoxy) is 2. The number of nitrogens with one attached hydrogen (secondary N) is 1. The molecule has 0 aliphatic heterocycles. The lowest BCUT2D eigenvalue weighted by Crippen LogP contribution is -2.27. The van der Waals surface area contributed by atoms with Crippen LogP contribution in [0.4, 0.5) is 0 Å². The molecule has 1 amide bonds. The van der Waals surface area contributed by atoms with Gasteiger partial charge >= 0.3 is 0 Å². The summed E-state index contributed by atoms with van der Waals surface area (Å²) in [5, 5.41) is 4.91. The normalized spacial score (nSPS) is 10.9. The average Bonchev–Trinajstić information content (AvgIpc) is 3.12. The van der Waals surface area contributed by atoms with Gasteiger partial charge in [0.1, 0.15) is 17.8 Å². The second-order valence-electron chi connectivity index (χ2n) is 6.39. The number of aromatic nitrogens is 1. The number of rotatable bonds is 7. The number of nitrogens with zero attached hydrogens (tertiary/aromatic N) is 1. The first kappa shape index (κ1) is 17.8. The molecule has 1 heterocycles. The topological polar surface area (TPSA) is 73.6 Å². The maximum atomic E-state index is 12.0. The lowest BCUT2D eigenvalue weighted by molar-refractivity contribution is 0.0944. The standard InChI is InChI=1S/C20H22N2O4/c1-13(2)10-21-20(23)18-11-26-19(22-18)12-25-17-7-5-14-4-6-16(24-3)8-15(14)9-17/h4-9,11,13H,10,12H2,1-3H3,(H,21,23). The van der Waals surface area contributed by atoms with Crippen LogP contribution in [0.15, 0.2) is 47.1 Å². The van der Waals surface area contributed by atoms with Crippen molar-refractivity contribution in [1.82, 2.24) is 10.3 Å². The minimum absolute atomic E-state index is 0.146. The largest absolute Gasteiger partial charge is 0.497 e. The van der Waals surface area contributed by atoms with E-state index in [1.54, 1.807) is 7.11 Å². The zero-order chi connectivity index (χ0) is 18.5. The van der Waals surface area contributed by atoms with Gasteiger partial charge in [0.05, 0.1) is 7.11 Å². The van der Waals surface area contributed by atoms with Crippen molar-refractivity contribution >= 4 is 16.7 Å². The average molecular weight is 354 g/mol. The fraction of sp³-hybridized carbons (Fsp3) is 0.300. The summed E-state index contributed by atoms with van der Waals surface area (Å²) in [6.45, 7) is 4.80. The van der Waals surface area contributed by atoms with Crippen LogP contribution in [-0.4, -0.2) is 24.5 Å². The number of amides is 1. The van der Waals surface area contributed by atoms with Crippen LogP contribution in [0.25, 0.3) is 10.8 Å². The van der Waals surface area contributed by atoms with E-state index in [9.17, 15) is 4.79 Å². The van der Waals surface area contributed by atoms with Crippen molar-refractivity contribution in [3.8, 4) is 11.5 Å². The van der Waals surface area contributed by atoms with E-state index in [0.717, 1.165) is 16.5 Å². The highest BCUT2D eigenvalue weighted by atomic mass is 16.5. The number of hydrogen-bond donors (Lipinski definition) is 1. The first-order valence-electron chi connectivity index (χ1n) is 8.48. The predicted octanol–water partition coefficient (Wildman–Crippen LogP) is 3.80. The Morgan fingerprint density at radius 1 is 1.15 bits per heavy atom. The number of carbonyl (C=O) groups is 1. The molecule has 136 valence electrons. The summed E-state index contributed by atoms with van der Waals surface area (Å²) in [5.74, 6) is 1.96. The van der Waals surface area contributed by atoms with Gasteiger partial charge in [-0.1, -0.05) is 26.0 Å². The molecule has 3 aromatic rings. The molecule has 6 nitrogen and oxygen atoms in total. The monoisotopic (exact) mass is 354 g/mol. The van der Waals surface area contributed by atoms with Gasteiger partial charge in [0.15, 0.2) is 12.3 Å². The Kier molecular flexibility index (Phi) is 5.41. The number of oxazole rings is 1. The fourth-order valence-corrected chi connectivity index (χ4v) is 2.43. The van der Waals surface area contributed by atoms with Crippen molar-refractivity contribution in [2.75, 3.05) is 13.7 Å². The molecule has 6 heteroatoms. The van der Waals surface area contributed by atoms with Crippen LogP contribution < -0.4 is 14.8 Å². The smallest absolute Gasteiger partial charge is 0.273 e. The van der Waals surface area contributed by atoms with Crippen molar-refractivity contribution in [3.63, 3.8) is 0 Å². The van der Waals surface area contributed by atoms with E-state index in [-0.39, 0.29) is 18.2 Å². The van der Waals surface area contributed by atoms with E-state index in [1.807, 2.05) is 50.2 Å². The molecule has 0 saturated carbocycles. The summed E-state index contributed by atoms with van der Waals surface area (Å²) in [5.41, 5.74) is 0.257. The van der Waals surface area contributed by atoms with Crippen LogP contribution in [0.5, 0.6) is 11.5 Å². The van der Waals surface area contributed by atoms with Crippen molar-refractivity contribution < 1.29 is 18.7 Å². The lowest BCUT2D eigenvalue weighted by atomic mass is 10.1. The van der Waals surface area contributed by atoms with Gasteiger partial charge in [-0.3, -0.25) is 4.79 Å². The molecule has 0 saturated heterocycles. The van der Waals surface area contributed by atoms with Gasteiger partial charge in [-0.15, -0.1) is 0 Å². The Morgan fingerprint density at radius 3 is 2.62 bits per heavy atom. The quantitative estimate of drug-likeness (QED) is 0.698. The summed E-state index contributed by atoms with van der Waals surface area (Å²) >= 11 is 0. The van der Waals surface area contributed by atoms with Gasteiger partial charge in [-0.25, -0.2) is 4.98 Å². The van der Waals surface area contributed by atoms with Gasteiger partial charge in [0, 0.05) is 6.54 Å². The summed E-state index contributed by atoms with van der Waals surface area (Å²) in [7, 11) is 1.64. The third-order valence-electron chi connectivity index (χ3n) is 3.84. The van der Waals surface area contributed by atoms with Gasteiger partial charge in [-0.05, 0) is 41.0 Å². The first-order chi connectivity index (χ1) is 12.5.